The van der Waals surface area contributed by atoms with Crippen molar-refractivity contribution in [1.29, 1.82) is 0 Å². The van der Waals surface area contributed by atoms with E-state index in [4.69, 9.17) is 20.9 Å². The summed E-state index contributed by atoms with van der Waals surface area (Å²) in [6, 6.07) is 13.5. The van der Waals surface area contributed by atoms with Crippen LogP contribution in [0, 0.1) is 29.1 Å². The number of halogens is 5. The molecule has 0 amide bonds. The third-order valence-electron chi connectivity index (χ3n) is 5.22. The summed E-state index contributed by atoms with van der Waals surface area (Å²) in [5.41, 5.74) is 9.12. The summed E-state index contributed by atoms with van der Waals surface area (Å²) in [6.07, 6.45) is 0. The van der Waals surface area contributed by atoms with Crippen molar-refractivity contribution in [2.75, 3.05) is 0 Å². The maximum atomic E-state index is 14.1. The molecule has 200 valence electrons. The van der Waals surface area contributed by atoms with Gasteiger partial charge in [0.1, 0.15) is 19.3 Å². The first kappa shape index (κ1) is 28.2. The Hall–Kier alpha value is -4.36. The molecule has 0 saturated heterocycles. The predicted octanol–water partition coefficient (Wildman–Crippen LogP) is 2.80. The van der Waals surface area contributed by atoms with Crippen LogP contribution in [0.15, 0.2) is 60.7 Å². The molecule has 0 aliphatic carbocycles. The average Bonchev–Trinajstić information content (AvgIpc) is 2.94. The summed E-state index contributed by atoms with van der Waals surface area (Å²) >= 11 is 0. The van der Waals surface area contributed by atoms with Crippen LogP contribution in [0.4, 0.5) is 22.0 Å². The molecule has 8 nitrogen and oxygen atoms in total. The number of ether oxygens (including phenoxy) is 3. The zero-order valence-electron chi connectivity index (χ0n) is 19.3. The Morgan fingerprint density at radius 2 is 1.11 bits per heavy atom. The lowest BCUT2D eigenvalue weighted by Gasteiger charge is -2.29. The first-order valence-corrected chi connectivity index (χ1v) is 10.7. The summed E-state index contributed by atoms with van der Waals surface area (Å²) in [6.45, 7) is -0.880. The summed E-state index contributed by atoms with van der Waals surface area (Å²) < 4.78 is 83.0. The zero-order chi connectivity index (χ0) is 28.0. The smallest absolute Gasteiger partial charge is 0.345 e. The standard InChI is InChI=1S/C25H19F5N2O6/c26-15-16(27)18(29)20(19(30)17(15)28)38-24(35)25(32,23(34)37-12-14-9-5-2-6-10-14)21(31)22(33)36-11-13-7-3-1-4-8-13/h1-10,21H,11-12,31-32H2/t21?,25-/m1/s1. The van der Waals surface area contributed by atoms with Crippen molar-refractivity contribution in [2.24, 2.45) is 11.5 Å². The molecule has 38 heavy (non-hydrogen) atoms. The Kier molecular flexibility index (Phi) is 8.76. The summed E-state index contributed by atoms with van der Waals surface area (Å²) in [5, 5.41) is 0. The van der Waals surface area contributed by atoms with Crippen molar-refractivity contribution in [1.82, 2.24) is 0 Å². The van der Waals surface area contributed by atoms with Crippen LogP contribution in [0.3, 0.4) is 0 Å². The zero-order valence-corrected chi connectivity index (χ0v) is 19.3. The summed E-state index contributed by atoms with van der Waals surface area (Å²) in [5.74, 6) is -19.8. The highest BCUT2D eigenvalue weighted by Crippen LogP contribution is 2.30. The second-order valence-electron chi connectivity index (χ2n) is 7.79. The van der Waals surface area contributed by atoms with E-state index in [2.05, 4.69) is 4.74 Å². The molecule has 0 radical (unpaired) electrons. The molecule has 2 atom stereocenters. The summed E-state index contributed by atoms with van der Waals surface area (Å²) in [4.78, 5) is 38.5. The minimum Gasteiger partial charge on any atom is -0.460 e. The van der Waals surface area contributed by atoms with Gasteiger partial charge < -0.3 is 25.7 Å². The molecular weight excluding hydrogens is 519 g/mol. The molecule has 3 aromatic carbocycles. The van der Waals surface area contributed by atoms with Crippen LogP contribution in [0.25, 0.3) is 0 Å². The molecule has 0 spiro atoms. The predicted molar refractivity (Wildman–Crippen MR) is 119 cm³/mol. The quantitative estimate of drug-likeness (QED) is 0.106. The van der Waals surface area contributed by atoms with Gasteiger partial charge in [0.25, 0.3) is 0 Å². The Balaban J connectivity index is 1.92. The molecule has 0 saturated carbocycles. The molecule has 0 heterocycles. The molecule has 0 aliphatic rings. The normalized spacial score (nSPS) is 13.2. The van der Waals surface area contributed by atoms with Gasteiger partial charge in [-0.05, 0) is 11.1 Å². The number of benzene rings is 3. The molecular formula is C25H19F5N2O6. The van der Waals surface area contributed by atoms with E-state index >= 15 is 0 Å². The largest absolute Gasteiger partial charge is 0.460 e. The van der Waals surface area contributed by atoms with E-state index in [1.807, 2.05) is 0 Å². The average molecular weight is 538 g/mol. The van der Waals surface area contributed by atoms with Crippen LogP contribution in [-0.4, -0.2) is 29.5 Å². The Morgan fingerprint density at radius 3 is 1.58 bits per heavy atom. The van der Waals surface area contributed by atoms with Gasteiger partial charge in [-0.2, -0.15) is 8.78 Å². The fourth-order valence-electron chi connectivity index (χ4n) is 3.04. The van der Waals surface area contributed by atoms with E-state index in [1.165, 1.54) is 12.1 Å². The van der Waals surface area contributed by atoms with Gasteiger partial charge in [0.15, 0.2) is 0 Å². The number of rotatable bonds is 9. The minimum absolute atomic E-state index is 0.380. The molecule has 0 aromatic heterocycles. The van der Waals surface area contributed by atoms with Gasteiger partial charge in [0, 0.05) is 0 Å². The highest BCUT2D eigenvalue weighted by Gasteiger charge is 2.55. The third kappa shape index (κ3) is 5.79. The topological polar surface area (TPSA) is 131 Å². The molecule has 13 heteroatoms. The van der Waals surface area contributed by atoms with Crippen molar-refractivity contribution in [3.8, 4) is 5.75 Å². The van der Waals surface area contributed by atoms with Crippen LogP contribution in [-0.2, 0) is 37.1 Å². The van der Waals surface area contributed by atoms with Gasteiger partial charge in [0.05, 0.1) is 0 Å². The van der Waals surface area contributed by atoms with Crippen molar-refractivity contribution in [3.63, 3.8) is 0 Å². The van der Waals surface area contributed by atoms with Crippen LogP contribution in [0.5, 0.6) is 5.75 Å². The first-order valence-electron chi connectivity index (χ1n) is 10.7. The molecule has 0 aliphatic heterocycles. The van der Waals surface area contributed by atoms with Gasteiger partial charge in [-0.25, -0.2) is 22.8 Å². The van der Waals surface area contributed by atoms with Crippen molar-refractivity contribution < 1.29 is 50.5 Å². The van der Waals surface area contributed by atoms with Gasteiger partial charge in [-0.15, -0.1) is 0 Å². The number of esters is 3. The van der Waals surface area contributed by atoms with E-state index in [-0.39, 0.29) is 6.61 Å². The van der Waals surface area contributed by atoms with Gasteiger partial charge in [0.2, 0.25) is 40.4 Å². The SMILES string of the molecule is NC(C(=O)OCc1ccccc1)[C@@](N)(C(=O)OCc1ccccc1)C(=O)Oc1c(F)c(F)c(F)c(F)c1F. The highest BCUT2D eigenvalue weighted by molar-refractivity contribution is 6.10. The van der Waals surface area contributed by atoms with Crippen LogP contribution in [0.2, 0.25) is 0 Å². The number of carbonyl (C=O) groups is 3. The fraction of sp³-hybridized carbons (Fsp3) is 0.160. The number of carbonyl (C=O) groups excluding carboxylic acids is 3. The van der Waals surface area contributed by atoms with Gasteiger partial charge in [-0.3, -0.25) is 4.79 Å². The van der Waals surface area contributed by atoms with Gasteiger partial charge in [-0.1, -0.05) is 60.7 Å². The van der Waals surface area contributed by atoms with Crippen LogP contribution < -0.4 is 16.2 Å². The maximum Gasteiger partial charge on any atom is 0.345 e. The lowest BCUT2D eigenvalue weighted by atomic mass is 9.91. The van der Waals surface area contributed by atoms with E-state index in [0.717, 1.165) is 0 Å². The molecule has 1 unspecified atom stereocenters. The Labute approximate surface area is 211 Å². The Morgan fingerprint density at radius 1 is 0.684 bits per heavy atom. The fourth-order valence-corrected chi connectivity index (χ4v) is 3.04. The number of hydrogen-bond acceptors (Lipinski definition) is 8. The van der Waals surface area contributed by atoms with Crippen molar-refractivity contribution in [2.45, 2.75) is 24.8 Å². The van der Waals surface area contributed by atoms with Crippen molar-refractivity contribution in [3.05, 3.63) is 101 Å². The molecule has 3 aromatic rings. The minimum atomic E-state index is -3.34. The molecule has 4 N–H and O–H groups in total. The first-order chi connectivity index (χ1) is 18.0. The van der Waals surface area contributed by atoms with E-state index < -0.39 is 70.9 Å². The summed E-state index contributed by atoms with van der Waals surface area (Å²) in [7, 11) is 0. The molecule has 0 fully saturated rings. The second-order valence-corrected chi connectivity index (χ2v) is 7.79. The lowest BCUT2D eigenvalue weighted by Crippen LogP contribution is -2.70. The second kappa shape index (κ2) is 11.8. The van der Waals surface area contributed by atoms with E-state index in [9.17, 15) is 36.3 Å². The third-order valence-corrected chi connectivity index (χ3v) is 5.22. The number of nitrogens with two attached hydrogens (primary N) is 2. The molecule has 0 bridgehead atoms. The van der Waals surface area contributed by atoms with Gasteiger partial charge >= 0.3 is 17.9 Å². The monoisotopic (exact) mass is 538 g/mol. The maximum absolute atomic E-state index is 14.1. The van der Waals surface area contributed by atoms with Crippen LogP contribution in [0.1, 0.15) is 11.1 Å². The molecule has 3 rings (SSSR count). The van der Waals surface area contributed by atoms with E-state index in [0.29, 0.717) is 11.1 Å². The lowest BCUT2D eigenvalue weighted by molar-refractivity contribution is -0.168. The Bertz CT molecular complexity index is 1310. The highest BCUT2D eigenvalue weighted by atomic mass is 19.2. The number of hydrogen-bond donors (Lipinski definition) is 2. The van der Waals surface area contributed by atoms with Crippen LogP contribution >= 0.6 is 0 Å². The van der Waals surface area contributed by atoms with E-state index in [1.54, 1.807) is 48.5 Å². The van der Waals surface area contributed by atoms with Crippen molar-refractivity contribution >= 4 is 17.9 Å².